The molecule has 2 rings (SSSR count). The van der Waals surface area contributed by atoms with Crippen LogP contribution in [-0.4, -0.2) is 12.6 Å². The fourth-order valence-corrected chi connectivity index (χ4v) is 2.42. The fraction of sp³-hybridized carbons (Fsp3) is 0.571. The molecule has 17 heavy (non-hydrogen) atoms. The monoisotopic (exact) mass is 239 g/mol. The number of nitrogens with one attached hydrogen (secondary N) is 1. The van der Waals surface area contributed by atoms with Crippen LogP contribution in [0.2, 0.25) is 0 Å². The summed E-state index contributed by atoms with van der Waals surface area (Å²) < 4.78 is 25.6. The lowest BCUT2D eigenvalue weighted by atomic mass is 10.1. The number of halogens is 2. The van der Waals surface area contributed by atoms with Gasteiger partial charge in [-0.05, 0) is 49.9 Å². The van der Waals surface area contributed by atoms with Crippen LogP contribution in [0.25, 0.3) is 0 Å². The maximum absolute atomic E-state index is 12.9. The van der Waals surface area contributed by atoms with E-state index < -0.39 is 11.6 Å². The summed E-state index contributed by atoms with van der Waals surface area (Å²) in [4.78, 5) is 0. The number of hydrogen-bond acceptors (Lipinski definition) is 1. The second-order valence-corrected chi connectivity index (χ2v) is 4.79. The Morgan fingerprint density at radius 1 is 1.12 bits per heavy atom. The third-order valence-electron chi connectivity index (χ3n) is 3.41. The minimum Gasteiger partial charge on any atom is -0.314 e. The SMILES string of the molecule is Fc1ccc(CCCNC2CCCC2)cc1F. The molecule has 1 aromatic carbocycles. The van der Waals surface area contributed by atoms with Crippen LogP contribution in [0.5, 0.6) is 0 Å². The van der Waals surface area contributed by atoms with Gasteiger partial charge in [-0.2, -0.15) is 0 Å². The maximum atomic E-state index is 12.9. The third-order valence-corrected chi connectivity index (χ3v) is 3.41. The quantitative estimate of drug-likeness (QED) is 0.776. The molecule has 0 atom stereocenters. The van der Waals surface area contributed by atoms with Gasteiger partial charge < -0.3 is 5.32 Å². The molecule has 0 unspecified atom stereocenters. The predicted molar refractivity (Wildman–Crippen MR) is 64.9 cm³/mol. The van der Waals surface area contributed by atoms with E-state index >= 15 is 0 Å². The highest BCUT2D eigenvalue weighted by Crippen LogP contribution is 2.17. The molecule has 1 nitrogen and oxygen atoms in total. The summed E-state index contributed by atoms with van der Waals surface area (Å²) in [5, 5.41) is 3.51. The summed E-state index contributed by atoms with van der Waals surface area (Å²) in [5.74, 6) is -1.51. The molecule has 0 radical (unpaired) electrons. The lowest BCUT2D eigenvalue weighted by Gasteiger charge is -2.11. The highest BCUT2D eigenvalue weighted by atomic mass is 19.2. The van der Waals surface area contributed by atoms with Crippen LogP contribution < -0.4 is 5.32 Å². The first-order valence-electron chi connectivity index (χ1n) is 6.43. The van der Waals surface area contributed by atoms with E-state index in [9.17, 15) is 8.78 Å². The van der Waals surface area contributed by atoms with Gasteiger partial charge in [-0.1, -0.05) is 18.9 Å². The van der Waals surface area contributed by atoms with Crippen molar-refractivity contribution in [1.29, 1.82) is 0 Å². The second-order valence-electron chi connectivity index (χ2n) is 4.79. The van der Waals surface area contributed by atoms with Gasteiger partial charge in [0.25, 0.3) is 0 Å². The molecule has 0 aromatic heterocycles. The van der Waals surface area contributed by atoms with Crippen molar-refractivity contribution in [2.24, 2.45) is 0 Å². The average molecular weight is 239 g/mol. The summed E-state index contributed by atoms with van der Waals surface area (Å²) in [7, 11) is 0. The van der Waals surface area contributed by atoms with Crippen LogP contribution in [0.4, 0.5) is 8.78 Å². The van der Waals surface area contributed by atoms with Crippen molar-refractivity contribution in [2.45, 2.75) is 44.6 Å². The Bertz CT molecular complexity index is 359. The van der Waals surface area contributed by atoms with Gasteiger partial charge in [0.15, 0.2) is 11.6 Å². The lowest BCUT2D eigenvalue weighted by Crippen LogP contribution is -2.27. The summed E-state index contributed by atoms with van der Waals surface area (Å²) in [6, 6.07) is 4.84. The number of rotatable bonds is 5. The lowest BCUT2D eigenvalue weighted by molar-refractivity contribution is 0.503. The Hall–Kier alpha value is -0.960. The van der Waals surface area contributed by atoms with Gasteiger partial charge in [0.2, 0.25) is 0 Å². The molecule has 0 spiro atoms. The maximum Gasteiger partial charge on any atom is 0.159 e. The Labute approximate surface area is 101 Å². The first kappa shape index (κ1) is 12.5. The first-order valence-corrected chi connectivity index (χ1v) is 6.43. The zero-order chi connectivity index (χ0) is 12.1. The minimum absolute atomic E-state index is 0.681. The van der Waals surface area contributed by atoms with Crippen molar-refractivity contribution in [3.05, 3.63) is 35.4 Å². The zero-order valence-electron chi connectivity index (χ0n) is 10.0. The molecule has 1 fully saturated rings. The van der Waals surface area contributed by atoms with Crippen molar-refractivity contribution in [1.82, 2.24) is 5.32 Å². The highest BCUT2D eigenvalue weighted by Gasteiger charge is 2.13. The van der Waals surface area contributed by atoms with E-state index in [0.717, 1.165) is 24.9 Å². The van der Waals surface area contributed by atoms with Crippen molar-refractivity contribution < 1.29 is 8.78 Å². The molecule has 0 saturated heterocycles. The summed E-state index contributed by atoms with van der Waals surface area (Å²) in [5.41, 5.74) is 0.872. The average Bonchev–Trinajstić information content (AvgIpc) is 2.82. The van der Waals surface area contributed by atoms with E-state index in [-0.39, 0.29) is 0 Å². The second kappa shape index (κ2) is 6.10. The predicted octanol–water partition coefficient (Wildman–Crippen LogP) is 3.43. The fourth-order valence-electron chi connectivity index (χ4n) is 2.42. The molecule has 94 valence electrons. The molecule has 1 aliphatic carbocycles. The van der Waals surface area contributed by atoms with E-state index in [1.807, 2.05) is 0 Å². The van der Waals surface area contributed by atoms with Gasteiger partial charge in [-0.15, -0.1) is 0 Å². The van der Waals surface area contributed by atoms with E-state index in [1.165, 1.54) is 37.8 Å². The van der Waals surface area contributed by atoms with Crippen molar-refractivity contribution in [3.63, 3.8) is 0 Å². The van der Waals surface area contributed by atoms with E-state index in [0.29, 0.717) is 6.04 Å². The molecule has 0 aliphatic heterocycles. The molecular weight excluding hydrogens is 220 g/mol. The summed E-state index contributed by atoms with van der Waals surface area (Å²) in [6.07, 6.45) is 7.01. The Morgan fingerprint density at radius 2 is 1.88 bits per heavy atom. The van der Waals surface area contributed by atoms with Crippen LogP contribution in [0, 0.1) is 11.6 Å². The molecule has 1 saturated carbocycles. The van der Waals surface area contributed by atoms with Crippen molar-refractivity contribution in [3.8, 4) is 0 Å². The molecule has 0 heterocycles. The van der Waals surface area contributed by atoms with Crippen LogP contribution in [0.1, 0.15) is 37.7 Å². The minimum atomic E-state index is -0.766. The summed E-state index contributed by atoms with van der Waals surface area (Å²) in [6.45, 7) is 0.962. The Balaban J connectivity index is 1.68. The highest BCUT2D eigenvalue weighted by molar-refractivity contribution is 5.17. The molecule has 0 bridgehead atoms. The summed E-state index contributed by atoms with van der Waals surface area (Å²) >= 11 is 0. The molecule has 1 N–H and O–H groups in total. The normalized spacial score (nSPS) is 16.6. The molecular formula is C14H19F2N. The van der Waals surface area contributed by atoms with Crippen LogP contribution >= 0.6 is 0 Å². The first-order chi connectivity index (χ1) is 8.25. The molecule has 1 aliphatic rings. The number of aryl methyl sites for hydroxylation is 1. The molecule has 1 aromatic rings. The van der Waals surface area contributed by atoms with Crippen LogP contribution in [0.15, 0.2) is 18.2 Å². The van der Waals surface area contributed by atoms with E-state index in [4.69, 9.17) is 0 Å². The zero-order valence-corrected chi connectivity index (χ0v) is 10.0. The third kappa shape index (κ3) is 3.77. The van der Waals surface area contributed by atoms with Gasteiger partial charge >= 0.3 is 0 Å². The van der Waals surface area contributed by atoms with E-state index in [1.54, 1.807) is 6.07 Å². The van der Waals surface area contributed by atoms with Crippen LogP contribution in [-0.2, 0) is 6.42 Å². The Morgan fingerprint density at radius 3 is 2.59 bits per heavy atom. The largest absolute Gasteiger partial charge is 0.314 e. The smallest absolute Gasteiger partial charge is 0.159 e. The van der Waals surface area contributed by atoms with Gasteiger partial charge in [-0.3, -0.25) is 0 Å². The Kier molecular flexibility index (Phi) is 4.49. The number of benzene rings is 1. The van der Waals surface area contributed by atoms with Gasteiger partial charge in [0.1, 0.15) is 0 Å². The van der Waals surface area contributed by atoms with Gasteiger partial charge in [-0.25, -0.2) is 8.78 Å². The topological polar surface area (TPSA) is 12.0 Å². The van der Waals surface area contributed by atoms with Crippen molar-refractivity contribution in [2.75, 3.05) is 6.54 Å². The standard InChI is InChI=1S/C14H19F2N/c15-13-8-7-11(10-14(13)16)4-3-9-17-12-5-1-2-6-12/h7-8,10,12,17H,1-6,9H2. The van der Waals surface area contributed by atoms with Crippen molar-refractivity contribution >= 4 is 0 Å². The molecule has 0 amide bonds. The van der Waals surface area contributed by atoms with Crippen LogP contribution in [0.3, 0.4) is 0 Å². The van der Waals surface area contributed by atoms with E-state index in [2.05, 4.69) is 5.32 Å². The number of hydrogen-bond donors (Lipinski definition) is 1. The van der Waals surface area contributed by atoms with Gasteiger partial charge in [0.05, 0.1) is 0 Å². The van der Waals surface area contributed by atoms with Gasteiger partial charge in [0, 0.05) is 6.04 Å². The molecule has 3 heteroatoms.